The van der Waals surface area contributed by atoms with Crippen molar-refractivity contribution in [2.45, 2.75) is 51.4 Å². The summed E-state index contributed by atoms with van der Waals surface area (Å²) in [7, 11) is 3.48. The monoisotopic (exact) mass is 291 g/mol. The van der Waals surface area contributed by atoms with Crippen LogP contribution in [-0.4, -0.2) is 36.5 Å². The van der Waals surface area contributed by atoms with Crippen molar-refractivity contribution < 1.29 is 9.47 Å². The first kappa shape index (κ1) is 16.0. The van der Waals surface area contributed by atoms with Crippen molar-refractivity contribution in [2.24, 2.45) is 5.11 Å². The highest BCUT2D eigenvalue weighted by Crippen LogP contribution is 2.28. The summed E-state index contributed by atoms with van der Waals surface area (Å²) < 4.78 is 11.6. The molecule has 0 bridgehead atoms. The van der Waals surface area contributed by atoms with Crippen LogP contribution in [0, 0.1) is 0 Å². The molecule has 0 radical (unpaired) electrons. The van der Waals surface area contributed by atoms with E-state index in [4.69, 9.17) is 15.0 Å². The van der Waals surface area contributed by atoms with E-state index in [1.54, 1.807) is 21.6 Å². The van der Waals surface area contributed by atoms with Gasteiger partial charge in [0.15, 0.2) is 0 Å². The largest absolute Gasteiger partial charge is 0.372 e. The van der Waals surface area contributed by atoms with Crippen LogP contribution in [0.5, 0.6) is 0 Å². The Balaban J connectivity index is 1.98. The van der Waals surface area contributed by atoms with Crippen LogP contribution in [0.25, 0.3) is 10.4 Å². The molecule has 1 aliphatic heterocycles. The lowest BCUT2D eigenvalue weighted by atomic mass is 10.1. The third kappa shape index (κ3) is 6.20. The van der Waals surface area contributed by atoms with Gasteiger partial charge in [-0.25, -0.2) is 0 Å². The first-order valence-electron chi connectivity index (χ1n) is 6.30. The maximum Gasteiger partial charge on any atom is 0.103 e. The van der Waals surface area contributed by atoms with Crippen molar-refractivity contribution in [1.82, 2.24) is 0 Å². The van der Waals surface area contributed by atoms with E-state index in [0.717, 1.165) is 25.0 Å². The lowest BCUT2D eigenvalue weighted by molar-refractivity contribution is -0.00655. The molecule has 7 heteroatoms. The Hall–Kier alpha value is -0.0700. The fourth-order valence-electron chi connectivity index (χ4n) is 1.90. The van der Waals surface area contributed by atoms with Gasteiger partial charge in [-0.05, 0) is 25.3 Å². The highest BCUT2D eigenvalue weighted by Gasteiger charge is 2.32. The molecule has 1 heterocycles. The zero-order chi connectivity index (χ0) is 13.2. The zero-order valence-corrected chi connectivity index (χ0v) is 12.6. The second-order valence-electron chi connectivity index (χ2n) is 4.20. The molecule has 0 aromatic rings. The third-order valence-electron chi connectivity index (χ3n) is 2.75. The second-order valence-corrected chi connectivity index (χ2v) is 6.73. The second kappa shape index (κ2) is 9.81. The molecule has 1 unspecified atom stereocenters. The molecule has 1 aliphatic rings. The summed E-state index contributed by atoms with van der Waals surface area (Å²) in [6.07, 6.45) is 3.76. The van der Waals surface area contributed by atoms with Gasteiger partial charge in [-0.3, -0.25) is 0 Å². The van der Waals surface area contributed by atoms with Crippen molar-refractivity contribution >= 4 is 21.6 Å². The molecule has 0 aromatic heterocycles. The lowest BCUT2D eigenvalue weighted by Gasteiger charge is -2.16. The van der Waals surface area contributed by atoms with Crippen LogP contribution >= 0.6 is 21.6 Å². The number of hydrogen-bond acceptors (Lipinski definition) is 5. The van der Waals surface area contributed by atoms with E-state index in [2.05, 4.69) is 23.9 Å². The van der Waals surface area contributed by atoms with Gasteiger partial charge in [0.2, 0.25) is 0 Å². The number of rotatable bonds is 9. The minimum Gasteiger partial charge on any atom is -0.372 e. The normalized spacial score (nSPS) is 27.1. The van der Waals surface area contributed by atoms with E-state index < -0.39 is 0 Å². The van der Waals surface area contributed by atoms with Gasteiger partial charge in [0.25, 0.3) is 0 Å². The number of ether oxygens (including phenoxy) is 2. The summed E-state index contributed by atoms with van der Waals surface area (Å²) in [5.41, 5.74) is 8.11. The van der Waals surface area contributed by atoms with Crippen molar-refractivity contribution in [3.8, 4) is 0 Å². The average molecular weight is 291 g/mol. The molecule has 3 atom stereocenters. The summed E-state index contributed by atoms with van der Waals surface area (Å²) in [4.78, 5) is 2.72. The van der Waals surface area contributed by atoms with E-state index in [-0.39, 0.29) is 12.2 Å². The zero-order valence-electron chi connectivity index (χ0n) is 10.9. The van der Waals surface area contributed by atoms with E-state index in [1.165, 1.54) is 0 Å². The smallest absolute Gasteiger partial charge is 0.103 e. The van der Waals surface area contributed by atoms with E-state index in [9.17, 15) is 0 Å². The van der Waals surface area contributed by atoms with Crippen LogP contribution in [0.1, 0.15) is 33.1 Å². The Morgan fingerprint density at radius 2 is 2.33 bits per heavy atom. The predicted molar refractivity (Wildman–Crippen MR) is 77.7 cm³/mol. The predicted octanol–water partition coefficient (Wildman–Crippen LogP) is 4.00. The van der Waals surface area contributed by atoms with Gasteiger partial charge in [0, 0.05) is 23.6 Å². The molecule has 0 aromatic carbocycles. The van der Waals surface area contributed by atoms with Gasteiger partial charge in [-0.1, -0.05) is 33.6 Å². The van der Waals surface area contributed by atoms with Crippen molar-refractivity contribution in [3.63, 3.8) is 0 Å². The third-order valence-corrected chi connectivity index (χ3v) is 4.89. The van der Waals surface area contributed by atoms with Gasteiger partial charge in [-0.15, -0.1) is 0 Å². The van der Waals surface area contributed by atoms with E-state index in [1.807, 2.05) is 0 Å². The van der Waals surface area contributed by atoms with Crippen molar-refractivity contribution in [1.29, 1.82) is 0 Å². The van der Waals surface area contributed by atoms with Crippen molar-refractivity contribution in [2.75, 3.05) is 18.2 Å². The number of hydrogen-bond donors (Lipinski definition) is 0. The summed E-state index contributed by atoms with van der Waals surface area (Å²) >= 11 is 0. The highest BCUT2D eigenvalue weighted by molar-refractivity contribution is 8.76. The lowest BCUT2D eigenvalue weighted by Crippen LogP contribution is -2.23. The molecule has 104 valence electrons. The molecule has 0 spiro atoms. The van der Waals surface area contributed by atoms with Gasteiger partial charge in [-0.2, -0.15) is 0 Å². The first-order chi connectivity index (χ1) is 8.77. The van der Waals surface area contributed by atoms with Gasteiger partial charge in [0.1, 0.15) is 5.94 Å². The van der Waals surface area contributed by atoms with E-state index >= 15 is 0 Å². The summed E-state index contributed by atoms with van der Waals surface area (Å²) in [5.74, 6) is 1.69. The van der Waals surface area contributed by atoms with Crippen LogP contribution in [0.4, 0.5) is 0 Å². The minimum atomic E-state index is 0.251. The van der Waals surface area contributed by atoms with Crippen LogP contribution < -0.4 is 0 Å². The molecule has 1 fully saturated rings. The number of nitrogens with zero attached hydrogens (tertiary/aromatic N) is 3. The fourth-order valence-corrected chi connectivity index (χ4v) is 3.64. The van der Waals surface area contributed by atoms with Crippen LogP contribution in [0.15, 0.2) is 5.11 Å². The van der Waals surface area contributed by atoms with Gasteiger partial charge in [0.05, 0.1) is 18.3 Å². The molecule has 1 rings (SSSR count). The molecule has 0 N–H and O–H groups in total. The standard InChI is InChI=1S/C11H21N3O2S2/c1-3-10-11(7-9(2)16-10)15-8-18-17-6-4-5-13-14-12/h9-11H,3-8H2,1-2H3/t9-,10+,11?/m0/s1. The Kier molecular flexibility index (Phi) is 8.71. The fraction of sp³-hybridized carbons (Fsp3) is 1.00. The van der Waals surface area contributed by atoms with Crippen LogP contribution in [0.2, 0.25) is 0 Å². The maximum atomic E-state index is 8.11. The summed E-state index contributed by atoms with van der Waals surface area (Å²) in [6.45, 7) is 4.82. The topological polar surface area (TPSA) is 67.2 Å². The number of azide groups is 1. The molecule has 0 saturated carbocycles. The molecule has 0 amide bonds. The van der Waals surface area contributed by atoms with Crippen LogP contribution in [-0.2, 0) is 9.47 Å². The summed E-state index contributed by atoms with van der Waals surface area (Å²) in [6, 6.07) is 0. The molecule has 18 heavy (non-hydrogen) atoms. The van der Waals surface area contributed by atoms with Gasteiger partial charge < -0.3 is 9.47 Å². The Morgan fingerprint density at radius 1 is 1.50 bits per heavy atom. The quantitative estimate of drug-likeness (QED) is 0.161. The summed E-state index contributed by atoms with van der Waals surface area (Å²) in [5, 5.41) is 3.49. The first-order valence-corrected chi connectivity index (χ1v) is 8.79. The Morgan fingerprint density at radius 3 is 3.06 bits per heavy atom. The maximum absolute atomic E-state index is 8.11. The Labute approximate surface area is 116 Å². The van der Waals surface area contributed by atoms with Crippen LogP contribution in [0.3, 0.4) is 0 Å². The SMILES string of the molecule is CC[C@H]1O[C@@H](C)CC1OCSSCCCN=[N+]=[N-]. The molecule has 5 nitrogen and oxygen atoms in total. The molecular formula is C11H21N3O2S2. The Bertz CT molecular complexity index is 275. The molecule has 1 saturated heterocycles. The van der Waals surface area contributed by atoms with Gasteiger partial charge >= 0.3 is 0 Å². The van der Waals surface area contributed by atoms with Crippen molar-refractivity contribution in [3.05, 3.63) is 10.4 Å². The minimum absolute atomic E-state index is 0.251. The molecule has 0 aliphatic carbocycles. The molecular weight excluding hydrogens is 270 g/mol. The van der Waals surface area contributed by atoms with E-state index in [0.29, 0.717) is 18.6 Å². The average Bonchev–Trinajstić information content (AvgIpc) is 2.73. The highest BCUT2D eigenvalue weighted by atomic mass is 33.1.